The summed E-state index contributed by atoms with van der Waals surface area (Å²) < 4.78 is 39.4. The number of halogens is 3. The van der Waals surface area contributed by atoms with Gasteiger partial charge in [-0.1, -0.05) is 0 Å². The fourth-order valence-corrected chi connectivity index (χ4v) is 1.35. The number of carbonyl (C=O) groups is 1. The molecule has 102 valence electrons. The fraction of sp³-hybridized carbons (Fsp3) is 0.600. The van der Waals surface area contributed by atoms with Crippen molar-refractivity contribution in [2.45, 2.75) is 25.1 Å². The summed E-state index contributed by atoms with van der Waals surface area (Å²) in [4.78, 5) is 10.7. The lowest BCUT2D eigenvalue weighted by Gasteiger charge is -2.28. The predicted octanol–water partition coefficient (Wildman–Crippen LogP) is 0.958. The van der Waals surface area contributed by atoms with Crippen LogP contribution in [0.1, 0.15) is 12.5 Å². The molecular formula is C10H14F3N3O2. The van der Waals surface area contributed by atoms with Gasteiger partial charge >= 0.3 is 12.1 Å². The minimum absolute atomic E-state index is 0.103. The largest absolute Gasteiger partial charge is 0.480 e. The molecule has 1 heterocycles. The van der Waals surface area contributed by atoms with Gasteiger partial charge in [0.2, 0.25) is 5.54 Å². The van der Waals surface area contributed by atoms with Gasteiger partial charge < -0.3 is 5.11 Å². The van der Waals surface area contributed by atoms with Crippen molar-refractivity contribution in [3.05, 3.63) is 18.0 Å². The molecule has 1 aromatic heterocycles. The Morgan fingerprint density at radius 2 is 2.17 bits per heavy atom. The lowest BCUT2D eigenvalue weighted by Crippen LogP contribution is -2.60. The number of hydrogen-bond acceptors (Lipinski definition) is 3. The van der Waals surface area contributed by atoms with Gasteiger partial charge in [-0.05, 0) is 18.9 Å². The quantitative estimate of drug-likeness (QED) is 0.832. The van der Waals surface area contributed by atoms with E-state index in [1.54, 1.807) is 13.2 Å². The maximum Gasteiger partial charge on any atom is 0.417 e. The highest BCUT2D eigenvalue weighted by Crippen LogP contribution is 2.30. The molecule has 2 N–H and O–H groups in total. The van der Waals surface area contributed by atoms with Crippen molar-refractivity contribution >= 4 is 5.97 Å². The van der Waals surface area contributed by atoms with Crippen LogP contribution in [0.15, 0.2) is 12.4 Å². The van der Waals surface area contributed by atoms with Crippen LogP contribution in [0, 0.1) is 0 Å². The third-order valence-electron chi connectivity index (χ3n) is 2.65. The van der Waals surface area contributed by atoms with Gasteiger partial charge in [-0.25, -0.2) is 4.79 Å². The summed E-state index contributed by atoms with van der Waals surface area (Å²) in [6.07, 6.45) is -1.40. The van der Waals surface area contributed by atoms with Crippen LogP contribution in [0.25, 0.3) is 0 Å². The maximum absolute atomic E-state index is 12.6. The molecular weight excluding hydrogens is 251 g/mol. The Bertz CT molecular complexity index is 430. The molecule has 0 radical (unpaired) electrons. The zero-order chi connectivity index (χ0) is 14.0. The lowest BCUT2D eigenvalue weighted by molar-refractivity contribution is -0.205. The molecule has 8 heteroatoms. The second-order valence-electron chi connectivity index (χ2n) is 4.13. The van der Waals surface area contributed by atoms with Gasteiger partial charge in [0, 0.05) is 19.8 Å². The van der Waals surface area contributed by atoms with Crippen molar-refractivity contribution < 1.29 is 23.1 Å². The van der Waals surface area contributed by atoms with Crippen LogP contribution in [0.5, 0.6) is 0 Å². The Hall–Kier alpha value is -1.57. The van der Waals surface area contributed by atoms with Crippen LogP contribution in [0.4, 0.5) is 13.2 Å². The van der Waals surface area contributed by atoms with Gasteiger partial charge in [-0.15, -0.1) is 0 Å². The summed E-state index contributed by atoms with van der Waals surface area (Å²) in [5.41, 5.74) is -2.20. The van der Waals surface area contributed by atoms with Crippen LogP contribution in [0.2, 0.25) is 0 Å². The molecule has 5 nitrogen and oxygen atoms in total. The molecule has 1 rings (SSSR count). The number of nitrogens with one attached hydrogen (secondary N) is 1. The maximum atomic E-state index is 12.6. The molecule has 1 unspecified atom stereocenters. The van der Waals surface area contributed by atoms with E-state index in [2.05, 4.69) is 5.10 Å². The van der Waals surface area contributed by atoms with E-state index >= 15 is 0 Å². The van der Waals surface area contributed by atoms with E-state index in [0.29, 0.717) is 6.92 Å². The third kappa shape index (κ3) is 3.00. The summed E-state index contributed by atoms with van der Waals surface area (Å²) in [5.74, 6) is -1.94. The zero-order valence-electron chi connectivity index (χ0n) is 9.95. The van der Waals surface area contributed by atoms with Crippen molar-refractivity contribution in [3.63, 3.8) is 0 Å². The Morgan fingerprint density at radius 3 is 2.56 bits per heavy atom. The van der Waals surface area contributed by atoms with Crippen LogP contribution in [-0.2, 0) is 18.3 Å². The number of hydrogen-bond donors (Lipinski definition) is 2. The topological polar surface area (TPSA) is 67.2 Å². The number of alkyl halides is 3. The van der Waals surface area contributed by atoms with Gasteiger partial charge in [0.15, 0.2) is 0 Å². The molecule has 0 aromatic carbocycles. The number of aliphatic carboxylic acids is 1. The van der Waals surface area contributed by atoms with Crippen LogP contribution in [0.3, 0.4) is 0 Å². The second kappa shape index (κ2) is 4.97. The fourth-order valence-electron chi connectivity index (χ4n) is 1.35. The molecule has 1 aromatic rings. The number of carboxylic acid groups (broad SMARTS) is 1. The van der Waals surface area contributed by atoms with Crippen molar-refractivity contribution in [1.82, 2.24) is 15.1 Å². The highest BCUT2D eigenvalue weighted by atomic mass is 19.4. The van der Waals surface area contributed by atoms with Crippen LogP contribution >= 0.6 is 0 Å². The Kier molecular flexibility index (Phi) is 4.00. The van der Waals surface area contributed by atoms with Crippen molar-refractivity contribution in [2.24, 2.45) is 7.05 Å². The molecule has 0 aliphatic rings. The second-order valence-corrected chi connectivity index (χ2v) is 4.13. The van der Waals surface area contributed by atoms with E-state index in [1.165, 1.54) is 10.9 Å². The molecule has 0 aliphatic carbocycles. The van der Waals surface area contributed by atoms with Gasteiger partial charge in [0.25, 0.3) is 0 Å². The van der Waals surface area contributed by atoms with Gasteiger partial charge in [0.1, 0.15) is 0 Å². The molecule has 0 spiro atoms. The zero-order valence-corrected chi connectivity index (χ0v) is 9.95. The van der Waals surface area contributed by atoms with E-state index in [0.717, 1.165) is 5.56 Å². The monoisotopic (exact) mass is 265 g/mol. The van der Waals surface area contributed by atoms with E-state index in [4.69, 9.17) is 5.11 Å². The molecule has 0 aliphatic heterocycles. The Morgan fingerprint density at radius 1 is 1.56 bits per heavy atom. The minimum Gasteiger partial charge on any atom is -0.480 e. The summed E-state index contributed by atoms with van der Waals surface area (Å²) in [6, 6.07) is 0. The van der Waals surface area contributed by atoms with Crippen LogP contribution in [-0.4, -0.2) is 39.1 Å². The van der Waals surface area contributed by atoms with E-state index < -0.39 is 17.7 Å². The summed E-state index contributed by atoms with van der Waals surface area (Å²) >= 11 is 0. The average molecular weight is 265 g/mol. The molecule has 0 saturated heterocycles. The highest BCUT2D eigenvalue weighted by molar-refractivity contribution is 5.79. The number of rotatable bonds is 5. The van der Waals surface area contributed by atoms with Gasteiger partial charge in [0.05, 0.1) is 6.20 Å². The first-order valence-electron chi connectivity index (χ1n) is 5.19. The minimum atomic E-state index is -4.85. The predicted molar refractivity (Wildman–Crippen MR) is 57.0 cm³/mol. The first kappa shape index (κ1) is 14.5. The summed E-state index contributed by atoms with van der Waals surface area (Å²) in [7, 11) is 1.69. The standard InChI is InChI=1S/C10H14F3N3O2/c1-9(8(17)18,10(11,12)13)14-4-3-7-5-15-16(2)6-7/h5-6,14H,3-4H2,1-2H3,(H,17,18). The number of aryl methyl sites for hydroxylation is 1. The number of carboxylic acids is 1. The summed E-state index contributed by atoms with van der Waals surface area (Å²) in [6.45, 7) is 0.507. The lowest BCUT2D eigenvalue weighted by atomic mass is 10.0. The summed E-state index contributed by atoms with van der Waals surface area (Å²) in [5, 5.41) is 14.6. The van der Waals surface area contributed by atoms with Crippen molar-refractivity contribution in [2.75, 3.05) is 6.54 Å². The molecule has 18 heavy (non-hydrogen) atoms. The van der Waals surface area contributed by atoms with E-state index in [1.807, 2.05) is 5.32 Å². The molecule has 0 bridgehead atoms. The average Bonchev–Trinajstić information content (AvgIpc) is 2.62. The number of aromatic nitrogens is 2. The number of nitrogens with zero attached hydrogens (tertiary/aromatic N) is 2. The van der Waals surface area contributed by atoms with Crippen molar-refractivity contribution in [3.8, 4) is 0 Å². The van der Waals surface area contributed by atoms with Crippen LogP contribution < -0.4 is 5.32 Å². The van der Waals surface area contributed by atoms with Gasteiger partial charge in [-0.3, -0.25) is 10.00 Å². The van der Waals surface area contributed by atoms with E-state index in [9.17, 15) is 18.0 Å². The highest BCUT2D eigenvalue weighted by Gasteiger charge is 2.56. The molecule has 1 atom stereocenters. The Balaban J connectivity index is 2.62. The molecule has 0 amide bonds. The van der Waals surface area contributed by atoms with Gasteiger partial charge in [-0.2, -0.15) is 18.3 Å². The smallest absolute Gasteiger partial charge is 0.417 e. The Labute approximate surface area is 102 Å². The molecule has 0 saturated carbocycles. The first-order chi connectivity index (χ1) is 8.17. The van der Waals surface area contributed by atoms with E-state index in [-0.39, 0.29) is 13.0 Å². The van der Waals surface area contributed by atoms with Crippen molar-refractivity contribution in [1.29, 1.82) is 0 Å². The normalized spacial score (nSPS) is 15.4. The third-order valence-corrected chi connectivity index (χ3v) is 2.65. The SMILES string of the molecule is Cn1cc(CCNC(C)(C(=O)O)C(F)(F)F)cn1. The first-order valence-corrected chi connectivity index (χ1v) is 5.19. The molecule has 0 fully saturated rings.